The smallest absolute Gasteiger partial charge is 0.324 e. The highest BCUT2D eigenvalue weighted by molar-refractivity contribution is 7.53. The van der Waals surface area contributed by atoms with Gasteiger partial charge in [0.25, 0.3) is 0 Å². The molecule has 0 radical (unpaired) electrons. The number of allylic oxidation sites excluding steroid dienone is 2. The van der Waals surface area contributed by atoms with E-state index in [2.05, 4.69) is 12.2 Å². The molecule has 1 N–H and O–H groups in total. The van der Waals surface area contributed by atoms with Gasteiger partial charge in [0, 0.05) is 0 Å². The van der Waals surface area contributed by atoms with E-state index in [0.29, 0.717) is 12.5 Å². The first-order chi connectivity index (χ1) is 8.18. The molecular formula is C13H23O3P. The fourth-order valence-electron chi connectivity index (χ4n) is 2.73. The molecule has 0 aliphatic heterocycles. The van der Waals surface area contributed by atoms with Crippen LogP contribution in [-0.4, -0.2) is 17.2 Å². The molecule has 3 nitrogen and oxygen atoms in total. The van der Waals surface area contributed by atoms with Crippen LogP contribution in [0, 0.1) is 5.92 Å². The van der Waals surface area contributed by atoms with Crippen molar-refractivity contribution in [3.05, 3.63) is 12.2 Å². The lowest BCUT2D eigenvalue weighted by Gasteiger charge is -2.27. The second kappa shape index (κ2) is 6.17. The highest BCUT2D eigenvalue weighted by atomic mass is 31.2. The molecule has 0 bridgehead atoms. The lowest BCUT2D eigenvalue weighted by Crippen LogP contribution is -2.17. The molecule has 2 rings (SSSR count). The molecule has 1 fully saturated rings. The van der Waals surface area contributed by atoms with Crippen molar-refractivity contribution in [3.63, 3.8) is 0 Å². The third-order valence-corrected chi connectivity index (χ3v) is 5.87. The average Bonchev–Trinajstić information content (AvgIpc) is 2.39. The van der Waals surface area contributed by atoms with Crippen molar-refractivity contribution in [2.24, 2.45) is 5.92 Å². The fraction of sp³-hybridized carbons (Fsp3) is 0.846. The summed E-state index contributed by atoms with van der Waals surface area (Å²) in [5.41, 5.74) is -0.101. The molecule has 98 valence electrons. The summed E-state index contributed by atoms with van der Waals surface area (Å²) >= 11 is 0. The summed E-state index contributed by atoms with van der Waals surface area (Å²) < 4.78 is 17.5. The van der Waals surface area contributed by atoms with E-state index < -0.39 is 7.60 Å². The summed E-state index contributed by atoms with van der Waals surface area (Å²) in [7, 11) is -3.36. The van der Waals surface area contributed by atoms with Crippen molar-refractivity contribution in [2.45, 2.75) is 57.0 Å². The normalized spacial score (nSPS) is 30.1. The molecule has 4 heteroatoms. The molecule has 0 aromatic carbocycles. The van der Waals surface area contributed by atoms with Gasteiger partial charge in [0.05, 0.1) is 12.3 Å². The Morgan fingerprint density at radius 2 is 1.94 bits per heavy atom. The summed E-state index contributed by atoms with van der Waals surface area (Å²) in [6, 6.07) is 0. The van der Waals surface area contributed by atoms with Crippen LogP contribution in [0.25, 0.3) is 0 Å². The molecule has 2 aliphatic carbocycles. The number of hydrogen-bond donors (Lipinski definition) is 1. The Morgan fingerprint density at radius 1 is 1.18 bits per heavy atom. The van der Waals surface area contributed by atoms with Crippen LogP contribution in [-0.2, 0) is 9.09 Å². The minimum absolute atomic E-state index is 0.101. The Balaban J connectivity index is 1.79. The first-order valence-corrected chi connectivity index (χ1v) is 8.45. The van der Waals surface area contributed by atoms with Crippen LogP contribution >= 0.6 is 7.60 Å². The monoisotopic (exact) mass is 258 g/mol. The molecule has 2 atom stereocenters. The maximum absolute atomic E-state index is 12.1. The van der Waals surface area contributed by atoms with Gasteiger partial charge in [-0.15, -0.1) is 0 Å². The Labute approximate surface area is 104 Å². The van der Waals surface area contributed by atoms with Gasteiger partial charge in [0.1, 0.15) is 0 Å². The first kappa shape index (κ1) is 13.3. The molecular weight excluding hydrogens is 235 g/mol. The summed E-state index contributed by atoms with van der Waals surface area (Å²) in [4.78, 5) is 9.99. The number of hydrogen-bond acceptors (Lipinski definition) is 2. The summed E-state index contributed by atoms with van der Waals surface area (Å²) in [5, 5.41) is 0. The second-order valence-corrected chi connectivity index (χ2v) is 7.42. The third kappa shape index (κ3) is 3.94. The van der Waals surface area contributed by atoms with Crippen molar-refractivity contribution in [1.29, 1.82) is 0 Å². The van der Waals surface area contributed by atoms with Gasteiger partial charge in [-0.2, -0.15) is 0 Å². The molecule has 0 heterocycles. The molecule has 2 unspecified atom stereocenters. The van der Waals surface area contributed by atoms with Crippen molar-refractivity contribution in [1.82, 2.24) is 0 Å². The molecule has 0 aromatic heterocycles. The van der Waals surface area contributed by atoms with Crippen molar-refractivity contribution < 1.29 is 14.0 Å². The Hall–Kier alpha value is -0.110. The number of rotatable bonds is 4. The van der Waals surface area contributed by atoms with Crippen LogP contribution in [0.2, 0.25) is 0 Å². The minimum atomic E-state index is -3.36. The van der Waals surface area contributed by atoms with E-state index >= 15 is 0 Å². The molecule has 1 saturated carbocycles. The first-order valence-electron chi connectivity index (χ1n) is 6.80. The van der Waals surface area contributed by atoms with Crippen LogP contribution in [0.4, 0.5) is 0 Å². The van der Waals surface area contributed by atoms with E-state index in [9.17, 15) is 9.46 Å². The van der Waals surface area contributed by atoms with Crippen LogP contribution in [0.5, 0.6) is 0 Å². The quantitative estimate of drug-likeness (QED) is 0.615. The van der Waals surface area contributed by atoms with Crippen LogP contribution in [0.3, 0.4) is 0 Å². The summed E-state index contributed by atoms with van der Waals surface area (Å²) in [6.07, 6.45) is 12.5. The summed E-state index contributed by atoms with van der Waals surface area (Å²) in [6.45, 7) is 0.453. The molecule has 17 heavy (non-hydrogen) atoms. The molecule has 0 saturated heterocycles. The average molecular weight is 258 g/mol. The Bertz CT molecular complexity index is 308. The van der Waals surface area contributed by atoms with Crippen molar-refractivity contribution in [2.75, 3.05) is 6.61 Å². The topological polar surface area (TPSA) is 46.5 Å². The molecule has 0 spiro atoms. The van der Waals surface area contributed by atoms with E-state index in [1.54, 1.807) is 0 Å². The van der Waals surface area contributed by atoms with Gasteiger partial charge in [0.15, 0.2) is 0 Å². The lowest BCUT2D eigenvalue weighted by atomic mass is 9.96. The highest BCUT2D eigenvalue weighted by Gasteiger charge is 2.33. The molecule has 0 aromatic rings. The van der Waals surface area contributed by atoms with Gasteiger partial charge in [0.2, 0.25) is 0 Å². The zero-order valence-corrected chi connectivity index (χ0v) is 11.3. The van der Waals surface area contributed by atoms with Gasteiger partial charge in [-0.3, -0.25) is 4.57 Å². The molecule has 2 aliphatic rings. The SMILES string of the molecule is O=P(O)(OCC1CC=CCC1)C1CCCCC1. The highest BCUT2D eigenvalue weighted by Crippen LogP contribution is 2.53. The van der Waals surface area contributed by atoms with Crippen LogP contribution in [0.15, 0.2) is 12.2 Å². The standard InChI is InChI=1S/C13H23O3P/c14-17(15,13-9-5-2-6-10-13)16-11-12-7-3-1-4-8-12/h1,3,12-13H,2,4-11H2,(H,14,15). The predicted molar refractivity (Wildman–Crippen MR) is 69.1 cm³/mol. The van der Waals surface area contributed by atoms with E-state index in [1.807, 2.05) is 0 Å². The second-order valence-electron chi connectivity index (χ2n) is 5.30. The third-order valence-electron chi connectivity index (χ3n) is 3.91. The Morgan fingerprint density at radius 3 is 2.59 bits per heavy atom. The van der Waals surface area contributed by atoms with Crippen LogP contribution in [0.1, 0.15) is 51.4 Å². The van der Waals surface area contributed by atoms with Gasteiger partial charge < -0.3 is 9.42 Å². The largest absolute Gasteiger partial charge is 0.331 e. The van der Waals surface area contributed by atoms with Gasteiger partial charge in [-0.1, -0.05) is 31.4 Å². The van der Waals surface area contributed by atoms with Crippen molar-refractivity contribution >= 4 is 7.60 Å². The summed E-state index contributed by atoms with van der Waals surface area (Å²) in [5.74, 6) is 0.434. The van der Waals surface area contributed by atoms with Gasteiger partial charge in [-0.25, -0.2) is 0 Å². The van der Waals surface area contributed by atoms with E-state index in [0.717, 1.165) is 44.9 Å². The minimum Gasteiger partial charge on any atom is -0.324 e. The molecule has 0 amide bonds. The van der Waals surface area contributed by atoms with Crippen molar-refractivity contribution in [3.8, 4) is 0 Å². The van der Waals surface area contributed by atoms with Gasteiger partial charge >= 0.3 is 7.60 Å². The van der Waals surface area contributed by atoms with E-state index in [-0.39, 0.29) is 5.66 Å². The fourth-order valence-corrected chi connectivity index (χ4v) is 4.39. The van der Waals surface area contributed by atoms with E-state index in [1.165, 1.54) is 6.42 Å². The maximum Gasteiger partial charge on any atom is 0.331 e. The Kier molecular flexibility index (Phi) is 4.84. The lowest BCUT2D eigenvalue weighted by molar-refractivity contribution is 0.197. The maximum atomic E-state index is 12.1. The zero-order chi connectivity index (χ0) is 12.1. The van der Waals surface area contributed by atoms with Gasteiger partial charge in [-0.05, 0) is 38.0 Å². The van der Waals surface area contributed by atoms with E-state index in [4.69, 9.17) is 4.52 Å². The predicted octanol–water partition coefficient (Wildman–Crippen LogP) is 3.88. The van der Waals surface area contributed by atoms with Crippen LogP contribution < -0.4 is 0 Å². The zero-order valence-electron chi connectivity index (χ0n) is 10.4.